The summed E-state index contributed by atoms with van der Waals surface area (Å²) in [6.45, 7) is -0.107. The van der Waals surface area contributed by atoms with Crippen LogP contribution < -0.4 is 4.72 Å². The fourth-order valence-corrected chi connectivity index (χ4v) is 2.42. The van der Waals surface area contributed by atoms with Gasteiger partial charge < -0.3 is 4.74 Å². The Balaban J connectivity index is 2.74. The van der Waals surface area contributed by atoms with Gasteiger partial charge in [0, 0.05) is 6.54 Å². The van der Waals surface area contributed by atoms with E-state index >= 15 is 0 Å². The predicted molar refractivity (Wildman–Crippen MR) is 63.2 cm³/mol. The van der Waals surface area contributed by atoms with Crippen LogP contribution in [0.4, 0.5) is 4.39 Å². The highest BCUT2D eigenvalue weighted by atomic mass is 35.5. The largest absolute Gasteiger partial charge is 0.469 e. The summed E-state index contributed by atoms with van der Waals surface area (Å²) in [7, 11) is -2.61. The lowest BCUT2D eigenvalue weighted by Crippen LogP contribution is -2.26. The first-order valence-electron chi connectivity index (χ1n) is 4.88. The maximum Gasteiger partial charge on any atom is 0.306 e. The highest BCUT2D eigenvalue weighted by molar-refractivity contribution is 7.89. The number of carbonyl (C=O) groups is 1. The van der Waals surface area contributed by atoms with Crippen molar-refractivity contribution >= 4 is 27.6 Å². The summed E-state index contributed by atoms with van der Waals surface area (Å²) in [5.74, 6) is -1.24. The van der Waals surface area contributed by atoms with E-state index in [2.05, 4.69) is 9.46 Å². The number of sulfonamides is 1. The Hall–Kier alpha value is -1.18. The first kappa shape index (κ1) is 14.9. The molecule has 5 nitrogen and oxygen atoms in total. The first-order valence-corrected chi connectivity index (χ1v) is 6.74. The van der Waals surface area contributed by atoms with Crippen LogP contribution in [-0.4, -0.2) is 28.0 Å². The molecule has 0 spiro atoms. The average Bonchev–Trinajstić information content (AvgIpc) is 2.32. The number of rotatable bonds is 5. The predicted octanol–water partition coefficient (Wildman–Crippen LogP) is 1.32. The Labute approximate surface area is 109 Å². The van der Waals surface area contributed by atoms with Gasteiger partial charge in [-0.3, -0.25) is 4.79 Å². The van der Waals surface area contributed by atoms with E-state index in [1.165, 1.54) is 7.11 Å². The molecule has 0 aliphatic heterocycles. The number of carbonyl (C=O) groups excluding carboxylic acids is 1. The number of methoxy groups -OCH3 is 1. The van der Waals surface area contributed by atoms with Crippen molar-refractivity contribution in [1.29, 1.82) is 0 Å². The second kappa shape index (κ2) is 6.12. The zero-order valence-electron chi connectivity index (χ0n) is 9.44. The van der Waals surface area contributed by atoms with Crippen LogP contribution in [0, 0.1) is 5.82 Å². The molecule has 0 atom stereocenters. The molecular weight excluding hydrogens is 285 g/mol. The van der Waals surface area contributed by atoms with E-state index in [4.69, 9.17) is 11.6 Å². The lowest BCUT2D eigenvalue weighted by atomic mass is 10.3. The topological polar surface area (TPSA) is 72.5 Å². The summed E-state index contributed by atoms with van der Waals surface area (Å²) >= 11 is 5.49. The molecule has 1 aromatic carbocycles. The summed E-state index contributed by atoms with van der Waals surface area (Å²) in [6, 6.07) is 3.04. The van der Waals surface area contributed by atoms with E-state index in [1.54, 1.807) is 0 Å². The molecule has 8 heteroatoms. The van der Waals surface area contributed by atoms with Gasteiger partial charge in [0.15, 0.2) is 0 Å². The fourth-order valence-electron chi connectivity index (χ4n) is 1.12. The zero-order valence-corrected chi connectivity index (χ0v) is 11.0. The smallest absolute Gasteiger partial charge is 0.306 e. The molecule has 1 N–H and O–H groups in total. The van der Waals surface area contributed by atoms with E-state index in [9.17, 15) is 17.6 Å². The minimum absolute atomic E-state index is 0.0926. The minimum atomic E-state index is -3.81. The van der Waals surface area contributed by atoms with Crippen molar-refractivity contribution in [3.05, 3.63) is 29.0 Å². The van der Waals surface area contributed by atoms with E-state index in [0.717, 1.165) is 18.2 Å². The maximum absolute atomic E-state index is 12.9. The monoisotopic (exact) mass is 295 g/mol. The molecule has 100 valence electrons. The second-order valence-electron chi connectivity index (χ2n) is 3.30. The second-order valence-corrected chi connectivity index (χ2v) is 5.47. The SMILES string of the molecule is COC(=O)CCNS(=O)(=O)c1ccc(F)c(Cl)c1. The summed E-state index contributed by atoms with van der Waals surface area (Å²) in [6.07, 6.45) is -0.0926. The molecule has 0 aliphatic carbocycles. The van der Waals surface area contributed by atoms with Crippen molar-refractivity contribution in [3.8, 4) is 0 Å². The van der Waals surface area contributed by atoms with Gasteiger partial charge in [0.05, 0.1) is 23.4 Å². The van der Waals surface area contributed by atoms with Gasteiger partial charge in [-0.1, -0.05) is 11.6 Å². The molecule has 18 heavy (non-hydrogen) atoms. The van der Waals surface area contributed by atoms with Crippen LogP contribution in [0.25, 0.3) is 0 Å². The lowest BCUT2D eigenvalue weighted by Gasteiger charge is -2.06. The summed E-state index contributed by atoms with van der Waals surface area (Å²) < 4.78 is 42.9. The van der Waals surface area contributed by atoms with Crippen LogP contribution in [-0.2, 0) is 19.6 Å². The summed E-state index contributed by atoms with van der Waals surface area (Å²) in [5.41, 5.74) is 0. The third-order valence-electron chi connectivity index (χ3n) is 2.05. The van der Waals surface area contributed by atoms with Crippen LogP contribution in [0.15, 0.2) is 23.1 Å². The number of benzene rings is 1. The van der Waals surface area contributed by atoms with Crippen LogP contribution in [0.3, 0.4) is 0 Å². The van der Waals surface area contributed by atoms with Gasteiger partial charge in [-0.05, 0) is 18.2 Å². The van der Waals surface area contributed by atoms with Crippen LogP contribution in [0.1, 0.15) is 6.42 Å². The quantitative estimate of drug-likeness (QED) is 0.832. The van der Waals surface area contributed by atoms with Crippen LogP contribution in [0.5, 0.6) is 0 Å². The number of nitrogens with one attached hydrogen (secondary N) is 1. The zero-order chi connectivity index (χ0) is 13.8. The minimum Gasteiger partial charge on any atom is -0.469 e. The Morgan fingerprint density at radius 3 is 2.72 bits per heavy atom. The molecule has 1 aromatic rings. The number of ether oxygens (including phenoxy) is 1. The molecule has 0 heterocycles. The standard InChI is InChI=1S/C10H11ClFNO4S/c1-17-10(14)4-5-13-18(15,16)7-2-3-9(12)8(11)6-7/h2-3,6,13H,4-5H2,1H3. The molecule has 0 radical (unpaired) electrons. The highest BCUT2D eigenvalue weighted by Gasteiger charge is 2.15. The van der Waals surface area contributed by atoms with Crippen LogP contribution in [0.2, 0.25) is 5.02 Å². The lowest BCUT2D eigenvalue weighted by molar-refractivity contribution is -0.140. The van der Waals surface area contributed by atoms with Gasteiger partial charge in [0.2, 0.25) is 10.0 Å². The number of hydrogen-bond donors (Lipinski definition) is 1. The van der Waals surface area contributed by atoms with Crippen molar-refractivity contribution < 1.29 is 22.3 Å². The fraction of sp³-hybridized carbons (Fsp3) is 0.300. The molecule has 0 aromatic heterocycles. The first-order chi connectivity index (χ1) is 8.36. The molecule has 0 amide bonds. The average molecular weight is 296 g/mol. The van der Waals surface area contributed by atoms with Crippen molar-refractivity contribution in [2.24, 2.45) is 0 Å². The summed E-state index contributed by atoms with van der Waals surface area (Å²) in [4.78, 5) is 10.6. The number of esters is 1. The van der Waals surface area contributed by atoms with Crippen LogP contribution >= 0.6 is 11.6 Å². The van der Waals surface area contributed by atoms with Crippen molar-refractivity contribution in [2.75, 3.05) is 13.7 Å². The highest BCUT2D eigenvalue weighted by Crippen LogP contribution is 2.19. The van der Waals surface area contributed by atoms with E-state index < -0.39 is 21.8 Å². The van der Waals surface area contributed by atoms with Gasteiger partial charge in [-0.2, -0.15) is 0 Å². The summed E-state index contributed by atoms with van der Waals surface area (Å²) in [5, 5.41) is -0.286. The number of hydrogen-bond acceptors (Lipinski definition) is 4. The molecule has 0 unspecified atom stereocenters. The van der Waals surface area contributed by atoms with Gasteiger partial charge in [-0.25, -0.2) is 17.5 Å². The van der Waals surface area contributed by atoms with Crippen molar-refractivity contribution in [1.82, 2.24) is 4.72 Å². The molecular formula is C10H11ClFNO4S. The van der Waals surface area contributed by atoms with Gasteiger partial charge in [0.1, 0.15) is 5.82 Å². The van der Waals surface area contributed by atoms with E-state index in [-0.39, 0.29) is 22.9 Å². The number of halogens is 2. The molecule has 0 fully saturated rings. The third-order valence-corrected chi connectivity index (χ3v) is 3.80. The van der Waals surface area contributed by atoms with Gasteiger partial charge in [0.25, 0.3) is 0 Å². The normalized spacial score (nSPS) is 11.3. The molecule has 0 saturated heterocycles. The Morgan fingerprint density at radius 1 is 1.50 bits per heavy atom. The van der Waals surface area contributed by atoms with E-state index in [1.807, 2.05) is 0 Å². The molecule has 1 rings (SSSR count). The van der Waals surface area contributed by atoms with E-state index in [0.29, 0.717) is 0 Å². The molecule has 0 saturated carbocycles. The Kier molecular flexibility index (Phi) is 5.06. The van der Waals surface area contributed by atoms with Crippen molar-refractivity contribution in [2.45, 2.75) is 11.3 Å². The molecule has 0 bridgehead atoms. The van der Waals surface area contributed by atoms with Gasteiger partial charge >= 0.3 is 5.97 Å². The molecule has 0 aliphatic rings. The Bertz CT molecular complexity index is 547. The third kappa shape index (κ3) is 3.94. The van der Waals surface area contributed by atoms with Gasteiger partial charge in [-0.15, -0.1) is 0 Å². The van der Waals surface area contributed by atoms with Crippen molar-refractivity contribution in [3.63, 3.8) is 0 Å². The maximum atomic E-state index is 12.9. The Morgan fingerprint density at radius 2 is 2.17 bits per heavy atom.